The predicted octanol–water partition coefficient (Wildman–Crippen LogP) is 1.24. The quantitative estimate of drug-likeness (QED) is 0.773. The van der Waals surface area contributed by atoms with Crippen LogP contribution in [0, 0.1) is 0 Å². The van der Waals surface area contributed by atoms with E-state index in [0.29, 0.717) is 6.54 Å². The third-order valence-corrected chi connectivity index (χ3v) is 2.78. The molecule has 15 heavy (non-hydrogen) atoms. The molecule has 0 saturated carbocycles. The zero-order valence-electron chi connectivity index (χ0n) is 9.01. The van der Waals surface area contributed by atoms with Crippen LogP contribution >= 0.6 is 0 Å². The number of likely N-dealkylation sites (tertiary alicyclic amines) is 1. The minimum absolute atomic E-state index is 0.146. The van der Waals surface area contributed by atoms with Crippen molar-refractivity contribution in [3.8, 4) is 0 Å². The Bertz CT molecular complexity index is 206. The van der Waals surface area contributed by atoms with Crippen LogP contribution in [0.15, 0.2) is 0 Å². The highest BCUT2D eigenvalue weighted by atomic mass is 19.3. The van der Waals surface area contributed by atoms with Crippen LogP contribution < -0.4 is 5.32 Å². The fourth-order valence-electron chi connectivity index (χ4n) is 1.81. The molecule has 0 spiro atoms. The fraction of sp³-hybridized carbons (Fsp3) is 0.900. The van der Waals surface area contributed by atoms with E-state index in [4.69, 9.17) is 0 Å². The van der Waals surface area contributed by atoms with Gasteiger partial charge in [-0.05, 0) is 32.9 Å². The summed E-state index contributed by atoms with van der Waals surface area (Å²) in [6.07, 6.45) is 0.658. The van der Waals surface area contributed by atoms with Crippen molar-refractivity contribution in [1.82, 2.24) is 10.2 Å². The molecule has 1 saturated heterocycles. The molecular formula is C10H18F2N2O. The average Bonchev–Trinajstić information content (AvgIpc) is 2.26. The van der Waals surface area contributed by atoms with E-state index in [-0.39, 0.29) is 6.04 Å². The highest BCUT2D eigenvalue weighted by Crippen LogP contribution is 2.11. The van der Waals surface area contributed by atoms with Gasteiger partial charge in [0, 0.05) is 12.6 Å². The first-order chi connectivity index (χ1) is 7.11. The molecule has 1 rings (SSSR count). The first-order valence-corrected chi connectivity index (χ1v) is 5.41. The van der Waals surface area contributed by atoms with Gasteiger partial charge in [-0.25, -0.2) is 0 Å². The van der Waals surface area contributed by atoms with Crippen LogP contribution in [0.5, 0.6) is 0 Å². The number of nitrogens with zero attached hydrogens (tertiary/aromatic N) is 1. The van der Waals surface area contributed by atoms with Crippen LogP contribution in [0.3, 0.4) is 0 Å². The molecule has 0 aliphatic carbocycles. The van der Waals surface area contributed by atoms with Crippen LogP contribution in [-0.4, -0.2) is 42.9 Å². The summed E-state index contributed by atoms with van der Waals surface area (Å²) in [5.41, 5.74) is 0. The molecule has 3 nitrogen and oxygen atoms in total. The monoisotopic (exact) mass is 220 g/mol. The number of nitrogens with one attached hydrogen (secondary N) is 1. The molecule has 1 heterocycles. The second-order valence-corrected chi connectivity index (χ2v) is 3.99. The standard InChI is InChI=1S/C10H18F2N2O/c1-8(7-13-10(15)9(11)12)14-5-3-2-4-6-14/h8-9H,2-7H2,1H3,(H,13,15). The van der Waals surface area contributed by atoms with E-state index in [0.717, 1.165) is 25.9 Å². The minimum Gasteiger partial charge on any atom is -0.350 e. The molecule has 1 N–H and O–H groups in total. The van der Waals surface area contributed by atoms with Gasteiger partial charge >= 0.3 is 6.43 Å². The van der Waals surface area contributed by atoms with Crippen LogP contribution in [0.4, 0.5) is 8.78 Å². The smallest absolute Gasteiger partial charge is 0.315 e. The van der Waals surface area contributed by atoms with Gasteiger partial charge in [0.15, 0.2) is 0 Å². The molecule has 88 valence electrons. The van der Waals surface area contributed by atoms with Gasteiger partial charge in [-0.1, -0.05) is 6.42 Å². The molecule has 1 aliphatic heterocycles. The van der Waals surface area contributed by atoms with Crippen molar-refractivity contribution in [3.63, 3.8) is 0 Å². The first-order valence-electron chi connectivity index (χ1n) is 5.41. The van der Waals surface area contributed by atoms with Crippen molar-refractivity contribution in [2.24, 2.45) is 0 Å². The van der Waals surface area contributed by atoms with E-state index in [9.17, 15) is 13.6 Å². The lowest BCUT2D eigenvalue weighted by Crippen LogP contribution is -2.45. The fourth-order valence-corrected chi connectivity index (χ4v) is 1.81. The molecule has 1 unspecified atom stereocenters. The Kier molecular flexibility index (Phi) is 4.94. The van der Waals surface area contributed by atoms with Gasteiger partial charge in [-0.2, -0.15) is 8.78 Å². The number of carbonyl (C=O) groups is 1. The summed E-state index contributed by atoms with van der Waals surface area (Å²) in [6, 6.07) is 0.146. The lowest BCUT2D eigenvalue weighted by atomic mass is 10.1. The van der Waals surface area contributed by atoms with E-state index < -0.39 is 12.3 Å². The molecule has 0 aromatic carbocycles. The van der Waals surface area contributed by atoms with Gasteiger partial charge in [0.1, 0.15) is 0 Å². The molecular weight excluding hydrogens is 202 g/mol. The zero-order valence-corrected chi connectivity index (χ0v) is 9.01. The normalized spacial score (nSPS) is 20.3. The Balaban J connectivity index is 2.22. The van der Waals surface area contributed by atoms with Gasteiger partial charge in [0.05, 0.1) is 0 Å². The summed E-state index contributed by atoms with van der Waals surface area (Å²) in [6.45, 7) is 4.28. The molecule has 0 aromatic rings. The summed E-state index contributed by atoms with van der Waals surface area (Å²) in [5.74, 6) is -1.17. The number of alkyl halides is 2. The third kappa shape index (κ3) is 4.11. The van der Waals surface area contributed by atoms with Crippen LogP contribution in [-0.2, 0) is 4.79 Å². The number of hydrogen-bond acceptors (Lipinski definition) is 2. The van der Waals surface area contributed by atoms with Crippen molar-refractivity contribution < 1.29 is 13.6 Å². The molecule has 1 atom stereocenters. The molecule has 5 heteroatoms. The second kappa shape index (κ2) is 6.00. The molecule has 0 radical (unpaired) electrons. The Labute approximate surface area is 88.8 Å². The van der Waals surface area contributed by atoms with Gasteiger partial charge in [0.25, 0.3) is 5.91 Å². The van der Waals surface area contributed by atoms with Gasteiger partial charge in [-0.15, -0.1) is 0 Å². The third-order valence-electron chi connectivity index (χ3n) is 2.78. The van der Waals surface area contributed by atoms with E-state index in [1.165, 1.54) is 6.42 Å². The lowest BCUT2D eigenvalue weighted by molar-refractivity contribution is -0.131. The van der Waals surface area contributed by atoms with Crippen molar-refractivity contribution in [1.29, 1.82) is 0 Å². The maximum atomic E-state index is 11.9. The maximum Gasteiger partial charge on any atom is 0.315 e. The van der Waals surface area contributed by atoms with Gasteiger partial charge < -0.3 is 5.32 Å². The maximum absolute atomic E-state index is 11.9. The summed E-state index contributed by atoms with van der Waals surface area (Å²) in [4.78, 5) is 12.9. The van der Waals surface area contributed by atoms with Crippen molar-refractivity contribution >= 4 is 5.91 Å². The first kappa shape index (κ1) is 12.4. The zero-order chi connectivity index (χ0) is 11.3. The highest BCUT2D eigenvalue weighted by molar-refractivity contribution is 5.79. The van der Waals surface area contributed by atoms with Gasteiger partial charge in [-0.3, -0.25) is 9.69 Å². The number of carbonyl (C=O) groups excluding carboxylic acids is 1. The molecule has 0 aromatic heterocycles. The number of halogens is 2. The Morgan fingerprint density at radius 2 is 1.93 bits per heavy atom. The SMILES string of the molecule is CC(CNC(=O)C(F)F)N1CCCCC1. The summed E-state index contributed by atoms with van der Waals surface area (Å²) in [5, 5.41) is 2.25. The number of amides is 1. The molecule has 1 amide bonds. The van der Waals surface area contributed by atoms with Crippen molar-refractivity contribution in [3.05, 3.63) is 0 Å². The lowest BCUT2D eigenvalue weighted by Gasteiger charge is -2.32. The van der Waals surface area contributed by atoms with E-state index >= 15 is 0 Å². The molecule has 1 aliphatic rings. The van der Waals surface area contributed by atoms with Crippen molar-refractivity contribution in [2.45, 2.75) is 38.7 Å². The predicted molar refractivity (Wildman–Crippen MR) is 53.9 cm³/mol. The average molecular weight is 220 g/mol. The number of piperidine rings is 1. The van der Waals surface area contributed by atoms with Crippen LogP contribution in [0.2, 0.25) is 0 Å². The summed E-state index contributed by atoms with van der Waals surface area (Å²) < 4.78 is 23.8. The Hall–Kier alpha value is -0.710. The Morgan fingerprint density at radius 1 is 1.33 bits per heavy atom. The van der Waals surface area contributed by atoms with Crippen LogP contribution in [0.1, 0.15) is 26.2 Å². The van der Waals surface area contributed by atoms with Crippen LogP contribution in [0.25, 0.3) is 0 Å². The Morgan fingerprint density at radius 3 is 2.47 bits per heavy atom. The van der Waals surface area contributed by atoms with E-state index in [1.54, 1.807) is 0 Å². The number of rotatable bonds is 4. The largest absolute Gasteiger partial charge is 0.350 e. The summed E-state index contributed by atoms with van der Waals surface area (Å²) >= 11 is 0. The summed E-state index contributed by atoms with van der Waals surface area (Å²) in [7, 11) is 0. The minimum atomic E-state index is -2.90. The number of hydrogen-bond donors (Lipinski definition) is 1. The van der Waals surface area contributed by atoms with E-state index in [1.807, 2.05) is 6.92 Å². The topological polar surface area (TPSA) is 32.3 Å². The second-order valence-electron chi connectivity index (χ2n) is 3.99. The molecule has 1 fully saturated rings. The van der Waals surface area contributed by atoms with Crippen molar-refractivity contribution in [2.75, 3.05) is 19.6 Å². The van der Waals surface area contributed by atoms with Gasteiger partial charge in [0.2, 0.25) is 0 Å². The van der Waals surface area contributed by atoms with E-state index in [2.05, 4.69) is 10.2 Å². The highest BCUT2D eigenvalue weighted by Gasteiger charge is 2.19. The molecule has 0 bridgehead atoms.